The van der Waals surface area contributed by atoms with Gasteiger partial charge >= 0.3 is 5.63 Å². The molecule has 0 aliphatic carbocycles. The first-order chi connectivity index (χ1) is 11.3. The molecule has 0 fully saturated rings. The highest BCUT2D eigenvalue weighted by molar-refractivity contribution is 5.96. The first-order valence-corrected chi connectivity index (χ1v) is 7.49. The standard InChI is InChI=1S/C21H14O2/c22-21-20-11-4-3-10-19(20)17(14-23-21)13-12-16-8-5-7-15-6-1-2-9-18(15)16/h1-14H/b13-12-. The van der Waals surface area contributed by atoms with Crippen molar-refractivity contribution in [1.82, 2.24) is 0 Å². The van der Waals surface area contributed by atoms with Crippen molar-refractivity contribution >= 4 is 33.7 Å². The van der Waals surface area contributed by atoms with Crippen LogP contribution in [0.3, 0.4) is 0 Å². The Morgan fingerprint density at radius 2 is 1.30 bits per heavy atom. The molecule has 1 heterocycles. The Hall–Kier alpha value is -3.13. The SMILES string of the molecule is O=c1occ(/C=C\c2cccc3ccccc23)c2ccccc12. The average molecular weight is 298 g/mol. The number of rotatable bonds is 2. The average Bonchev–Trinajstić information content (AvgIpc) is 2.61. The molecule has 0 saturated carbocycles. The normalized spacial score (nSPS) is 11.5. The van der Waals surface area contributed by atoms with Gasteiger partial charge in [-0.1, -0.05) is 72.8 Å². The molecule has 2 nitrogen and oxygen atoms in total. The van der Waals surface area contributed by atoms with Crippen LogP contribution in [-0.4, -0.2) is 0 Å². The van der Waals surface area contributed by atoms with E-state index in [1.165, 1.54) is 17.0 Å². The second-order valence-electron chi connectivity index (χ2n) is 5.43. The molecule has 3 aromatic carbocycles. The predicted octanol–water partition coefficient (Wildman–Crippen LogP) is 5.12. The Morgan fingerprint density at radius 3 is 2.17 bits per heavy atom. The molecular formula is C21H14O2. The number of hydrogen-bond acceptors (Lipinski definition) is 2. The number of benzene rings is 3. The smallest absolute Gasteiger partial charge is 0.343 e. The van der Waals surface area contributed by atoms with Crippen LogP contribution in [0, 0.1) is 0 Å². The van der Waals surface area contributed by atoms with Crippen LogP contribution < -0.4 is 5.63 Å². The third kappa shape index (κ3) is 2.44. The maximum absolute atomic E-state index is 11.8. The van der Waals surface area contributed by atoms with E-state index < -0.39 is 0 Å². The van der Waals surface area contributed by atoms with E-state index in [-0.39, 0.29) is 5.63 Å². The van der Waals surface area contributed by atoms with Gasteiger partial charge in [0.2, 0.25) is 0 Å². The third-order valence-corrected chi connectivity index (χ3v) is 4.02. The van der Waals surface area contributed by atoms with Crippen LogP contribution in [0.5, 0.6) is 0 Å². The lowest BCUT2D eigenvalue weighted by atomic mass is 10.0. The van der Waals surface area contributed by atoms with Gasteiger partial charge in [0.25, 0.3) is 0 Å². The Kier molecular flexibility index (Phi) is 3.28. The maximum Gasteiger partial charge on any atom is 0.343 e. The molecule has 0 unspecified atom stereocenters. The fourth-order valence-electron chi connectivity index (χ4n) is 2.86. The Bertz CT molecular complexity index is 1080. The fourth-order valence-corrected chi connectivity index (χ4v) is 2.86. The van der Waals surface area contributed by atoms with Crippen molar-refractivity contribution in [2.24, 2.45) is 0 Å². The summed E-state index contributed by atoms with van der Waals surface area (Å²) in [5.74, 6) is 0. The van der Waals surface area contributed by atoms with Crippen LogP contribution in [0.4, 0.5) is 0 Å². The van der Waals surface area contributed by atoms with E-state index in [1.807, 2.05) is 42.5 Å². The van der Waals surface area contributed by atoms with Gasteiger partial charge in [-0.2, -0.15) is 0 Å². The zero-order valence-electron chi connectivity index (χ0n) is 12.4. The first-order valence-electron chi connectivity index (χ1n) is 7.49. The van der Waals surface area contributed by atoms with Gasteiger partial charge in [-0.15, -0.1) is 0 Å². The highest BCUT2D eigenvalue weighted by Crippen LogP contribution is 2.22. The third-order valence-electron chi connectivity index (χ3n) is 4.02. The predicted molar refractivity (Wildman–Crippen MR) is 95.4 cm³/mol. The molecule has 0 aliphatic rings. The summed E-state index contributed by atoms with van der Waals surface area (Å²) in [5.41, 5.74) is 1.73. The minimum atomic E-state index is -0.303. The summed E-state index contributed by atoms with van der Waals surface area (Å²) in [4.78, 5) is 11.8. The molecule has 0 saturated heterocycles. The Balaban J connectivity index is 1.86. The molecule has 1 aromatic heterocycles. The van der Waals surface area contributed by atoms with E-state index >= 15 is 0 Å². The number of hydrogen-bond donors (Lipinski definition) is 0. The Labute approximate surface area is 133 Å². The minimum Gasteiger partial charge on any atom is -0.430 e. The largest absolute Gasteiger partial charge is 0.430 e. The van der Waals surface area contributed by atoms with Crippen molar-refractivity contribution in [3.8, 4) is 0 Å². The van der Waals surface area contributed by atoms with Crippen LogP contribution in [0.25, 0.3) is 33.7 Å². The van der Waals surface area contributed by atoms with E-state index in [2.05, 4.69) is 30.3 Å². The molecule has 0 radical (unpaired) electrons. The molecule has 110 valence electrons. The van der Waals surface area contributed by atoms with Crippen molar-refractivity contribution in [2.45, 2.75) is 0 Å². The van der Waals surface area contributed by atoms with Crippen molar-refractivity contribution < 1.29 is 4.42 Å². The van der Waals surface area contributed by atoms with Gasteiger partial charge in [0, 0.05) is 5.56 Å². The van der Waals surface area contributed by atoms with E-state index in [9.17, 15) is 4.79 Å². The summed E-state index contributed by atoms with van der Waals surface area (Å²) in [5, 5.41) is 3.92. The van der Waals surface area contributed by atoms with Gasteiger partial charge in [0.1, 0.15) is 6.26 Å². The molecule has 23 heavy (non-hydrogen) atoms. The van der Waals surface area contributed by atoms with Crippen molar-refractivity contribution in [1.29, 1.82) is 0 Å². The first kappa shape index (κ1) is 13.5. The van der Waals surface area contributed by atoms with Crippen molar-refractivity contribution in [3.63, 3.8) is 0 Å². The Morgan fingerprint density at radius 1 is 0.652 bits per heavy atom. The monoisotopic (exact) mass is 298 g/mol. The van der Waals surface area contributed by atoms with Gasteiger partial charge in [-0.25, -0.2) is 4.79 Å². The number of fused-ring (bicyclic) bond motifs is 2. The summed E-state index contributed by atoms with van der Waals surface area (Å²) in [6.07, 6.45) is 5.57. The fraction of sp³-hybridized carbons (Fsp3) is 0. The van der Waals surface area contributed by atoms with Crippen molar-refractivity contribution in [3.05, 3.63) is 94.5 Å². The lowest BCUT2D eigenvalue weighted by Crippen LogP contribution is -1.99. The molecule has 2 heteroatoms. The molecule has 0 N–H and O–H groups in total. The van der Waals surface area contributed by atoms with Gasteiger partial charge in [-0.3, -0.25) is 0 Å². The summed E-state index contributed by atoms with van der Waals surface area (Å²) in [6, 6.07) is 22.0. The summed E-state index contributed by atoms with van der Waals surface area (Å²) < 4.78 is 5.14. The molecule has 4 aromatic rings. The quantitative estimate of drug-likeness (QED) is 0.514. The molecule has 0 amide bonds. The van der Waals surface area contributed by atoms with Crippen LogP contribution in [0.15, 0.2) is 82.2 Å². The van der Waals surface area contributed by atoms with Crippen LogP contribution >= 0.6 is 0 Å². The second-order valence-corrected chi connectivity index (χ2v) is 5.43. The summed E-state index contributed by atoms with van der Waals surface area (Å²) in [6.45, 7) is 0. The van der Waals surface area contributed by atoms with Gasteiger partial charge in [-0.05, 0) is 27.8 Å². The molecule has 4 rings (SSSR count). The summed E-state index contributed by atoms with van der Waals surface area (Å²) >= 11 is 0. The summed E-state index contributed by atoms with van der Waals surface area (Å²) in [7, 11) is 0. The van der Waals surface area contributed by atoms with Crippen LogP contribution in [0.2, 0.25) is 0 Å². The van der Waals surface area contributed by atoms with Gasteiger partial charge in [0.05, 0.1) is 5.39 Å². The van der Waals surface area contributed by atoms with Gasteiger partial charge < -0.3 is 4.42 Å². The van der Waals surface area contributed by atoms with E-state index in [0.717, 1.165) is 16.5 Å². The van der Waals surface area contributed by atoms with E-state index in [0.29, 0.717) is 5.39 Å². The zero-order valence-corrected chi connectivity index (χ0v) is 12.4. The second kappa shape index (κ2) is 5.58. The van der Waals surface area contributed by atoms with E-state index in [1.54, 1.807) is 6.07 Å². The maximum atomic E-state index is 11.8. The lowest BCUT2D eigenvalue weighted by Gasteiger charge is -2.03. The molecule has 0 atom stereocenters. The zero-order chi connectivity index (χ0) is 15.6. The highest BCUT2D eigenvalue weighted by Gasteiger charge is 2.03. The van der Waals surface area contributed by atoms with Crippen molar-refractivity contribution in [2.75, 3.05) is 0 Å². The van der Waals surface area contributed by atoms with E-state index in [4.69, 9.17) is 4.42 Å². The molecule has 0 aliphatic heterocycles. The molecule has 0 bridgehead atoms. The van der Waals surface area contributed by atoms with Crippen LogP contribution in [-0.2, 0) is 0 Å². The highest BCUT2D eigenvalue weighted by atomic mass is 16.4. The molecular weight excluding hydrogens is 284 g/mol. The van der Waals surface area contributed by atoms with Gasteiger partial charge in [0.15, 0.2) is 0 Å². The lowest BCUT2D eigenvalue weighted by molar-refractivity contribution is 0.518. The minimum absolute atomic E-state index is 0.303. The topological polar surface area (TPSA) is 30.2 Å². The van der Waals surface area contributed by atoms with Crippen LogP contribution in [0.1, 0.15) is 11.1 Å². The molecule has 0 spiro atoms.